The van der Waals surface area contributed by atoms with E-state index in [4.69, 9.17) is 16.3 Å². The number of carbonyl (C=O) groups is 1. The molecule has 0 amide bonds. The van der Waals surface area contributed by atoms with Crippen molar-refractivity contribution < 1.29 is 14.6 Å². The maximum Gasteiger partial charge on any atom is 0.341 e. The van der Waals surface area contributed by atoms with Crippen LogP contribution in [0.3, 0.4) is 0 Å². The fourth-order valence-corrected chi connectivity index (χ4v) is 3.54. The largest absolute Gasteiger partial charge is 0.477 e. The van der Waals surface area contributed by atoms with Gasteiger partial charge in [-0.25, -0.2) is 9.48 Å². The molecule has 30 heavy (non-hydrogen) atoms. The highest BCUT2D eigenvalue weighted by molar-refractivity contribution is 6.76. The van der Waals surface area contributed by atoms with Gasteiger partial charge >= 0.3 is 5.97 Å². The van der Waals surface area contributed by atoms with Gasteiger partial charge in [-0.15, -0.1) is 0 Å². The molecule has 0 aliphatic rings. The van der Waals surface area contributed by atoms with E-state index in [1.165, 1.54) is 12.3 Å². The number of nitrogens with zero attached hydrogens (tertiary/aromatic N) is 4. The predicted molar refractivity (Wildman–Crippen MR) is 117 cm³/mol. The lowest BCUT2D eigenvalue weighted by atomic mass is 10.1. The van der Waals surface area contributed by atoms with Crippen LogP contribution in [-0.4, -0.2) is 45.3 Å². The van der Waals surface area contributed by atoms with Crippen molar-refractivity contribution in [1.29, 1.82) is 0 Å². The van der Waals surface area contributed by atoms with Crippen LogP contribution in [0, 0.1) is 0 Å². The molecule has 3 rings (SSSR count). The molecule has 0 radical (unpaired) electrons. The van der Waals surface area contributed by atoms with Gasteiger partial charge in [-0.05, 0) is 24.2 Å². The summed E-state index contributed by atoms with van der Waals surface area (Å²) in [6, 6.07) is 9.05. The second-order valence-electron chi connectivity index (χ2n) is 8.06. The van der Waals surface area contributed by atoms with Crippen LogP contribution in [0.5, 0.6) is 0 Å². The van der Waals surface area contributed by atoms with Crippen molar-refractivity contribution in [1.82, 2.24) is 19.6 Å². The third-order valence-electron chi connectivity index (χ3n) is 4.37. The second kappa shape index (κ2) is 8.95. The van der Waals surface area contributed by atoms with Crippen molar-refractivity contribution in [2.24, 2.45) is 0 Å². The van der Waals surface area contributed by atoms with Gasteiger partial charge in [0.2, 0.25) is 0 Å². The minimum Gasteiger partial charge on any atom is -0.477 e. The van der Waals surface area contributed by atoms with E-state index in [9.17, 15) is 14.7 Å². The fraction of sp³-hybridized carbons (Fsp3) is 0.300. The highest BCUT2D eigenvalue weighted by Crippen LogP contribution is 2.20. The van der Waals surface area contributed by atoms with Crippen molar-refractivity contribution >= 4 is 25.6 Å². The van der Waals surface area contributed by atoms with Crippen LogP contribution in [0.25, 0.3) is 16.9 Å². The molecule has 1 N–H and O–H groups in total. The maximum absolute atomic E-state index is 12.7. The van der Waals surface area contributed by atoms with E-state index >= 15 is 0 Å². The first-order valence-corrected chi connectivity index (χ1v) is 13.5. The quantitative estimate of drug-likeness (QED) is 0.417. The normalized spacial score (nSPS) is 11.6. The lowest BCUT2D eigenvalue weighted by Crippen LogP contribution is -2.27. The summed E-state index contributed by atoms with van der Waals surface area (Å²) in [7, 11) is -1.18. The van der Waals surface area contributed by atoms with Crippen LogP contribution >= 0.6 is 11.6 Å². The molecule has 158 valence electrons. The number of carboxylic acid groups (broad SMARTS) is 1. The summed E-state index contributed by atoms with van der Waals surface area (Å²) < 4.78 is 8.25. The maximum atomic E-state index is 12.7. The number of hydrogen-bond acceptors (Lipinski definition) is 5. The molecule has 0 bridgehead atoms. The highest BCUT2D eigenvalue weighted by atomic mass is 35.5. The van der Waals surface area contributed by atoms with E-state index < -0.39 is 19.6 Å². The summed E-state index contributed by atoms with van der Waals surface area (Å²) >= 11 is 5.92. The van der Waals surface area contributed by atoms with E-state index in [0.29, 0.717) is 28.6 Å². The molecule has 2 heterocycles. The SMILES string of the molecule is C[Si](C)(C)CCOCn1cc(-n2nc(-c3ccc(Cl)cc3)cc(C(=O)O)c2=O)cn1. The van der Waals surface area contributed by atoms with Crippen LogP contribution in [0.15, 0.2) is 47.5 Å². The topological polar surface area (TPSA) is 99.2 Å². The first-order valence-electron chi connectivity index (χ1n) is 9.38. The van der Waals surface area contributed by atoms with Crippen molar-refractivity contribution in [3.8, 4) is 16.9 Å². The first-order chi connectivity index (χ1) is 14.1. The van der Waals surface area contributed by atoms with Crippen LogP contribution in [0.2, 0.25) is 30.7 Å². The molecule has 0 atom stereocenters. The van der Waals surface area contributed by atoms with Gasteiger partial charge in [-0.2, -0.15) is 14.9 Å². The lowest BCUT2D eigenvalue weighted by molar-refractivity contribution is 0.0694. The molecule has 0 aliphatic heterocycles. The zero-order valence-corrected chi connectivity index (χ0v) is 18.8. The molecule has 1 aromatic carbocycles. The monoisotopic (exact) mass is 446 g/mol. The van der Waals surface area contributed by atoms with Gasteiger partial charge in [0, 0.05) is 25.3 Å². The second-order valence-corrected chi connectivity index (χ2v) is 14.1. The number of benzene rings is 1. The Kier molecular flexibility index (Phi) is 6.54. The molecule has 0 unspecified atom stereocenters. The third kappa shape index (κ3) is 5.44. The number of halogens is 1. The Hall–Kier alpha value is -2.75. The molecule has 0 aliphatic carbocycles. The van der Waals surface area contributed by atoms with Crippen LogP contribution in [-0.2, 0) is 11.5 Å². The van der Waals surface area contributed by atoms with Gasteiger partial charge in [0.15, 0.2) is 0 Å². The number of rotatable bonds is 8. The van der Waals surface area contributed by atoms with Crippen LogP contribution < -0.4 is 5.56 Å². The van der Waals surface area contributed by atoms with E-state index in [0.717, 1.165) is 10.7 Å². The molecule has 0 fully saturated rings. The molecule has 3 aromatic rings. The number of aromatic nitrogens is 4. The summed E-state index contributed by atoms with van der Waals surface area (Å²) in [5.74, 6) is -1.33. The average molecular weight is 447 g/mol. The minimum absolute atomic E-state index is 0.238. The van der Waals surface area contributed by atoms with Gasteiger partial charge in [-0.1, -0.05) is 43.4 Å². The fourth-order valence-electron chi connectivity index (χ4n) is 2.65. The summed E-state index contributed by atoms with van der Waals surface area (Å²) in [6.07, 6.45) is 3.05. The van der Waals surface area contributed by atoms with Gasteiger partial charge in [0.1, 0.15) is 18.0 Å². The predicted octanol–water partition coefficient (Wildman–Crippen LogP) is 3.76. The molecule has 2 aromatic heterocycles. The van der Waals surface area contributed by atoms with Crippen molar-refractivity contribution in [2.45, 2.75) is 32.4 Å². The minimum atomic E-state index is -1.33. The molecular weight excluding hydrogens is 424 g/mol. The van der Waals surface area contributed by atoms with Gasteiger partial charge < -0.3 is 9.84 Å². The van der Waals surface area contributed by atoms with E-state index in [1.807, 2.05) is 0 Å². The van der Waals surface area contributed by atoms with Gasteiger partial charge in [0.05, 0.1) is 18.1 Å². The average Bonchev–Trinajstić information content (AvgIpc) is 3.14. The molecule has 8 nitrogen and oxygen atoms in total. The zero-order valence-electron chi connectivity index (χ0n) is 17.0. The smallest absolute Gasteiger partial charge is 0.341 e. The highest BCUT2D eigenvalue weighted by Gasteiger charge is 2.18. The van der Waals surface area contributed by atoms with Crippen molar-refractivity contribution in [2.75, 3.05) is 6.61 Å². The van der Waals surface area contributed by atoms with Crippen molar-refractivity contribution in [3.63, 3.8) is 0 Å². The summed E-state index contributed by atoms with van der Waals surface area (Å²) in [6.45, 7) is 7.69. The number of carboxylic acids is 1. The Balaban J connectivity index is 1.90. The van der Waals surface area contributed by atoms with Crippen LogP contribution in [0.4, 0.5) is 0 Å². The van der Waals surface area contributed by atoms with Crippen LogP contribution in [0.1, 0.15) is 10.4 Å². The van der Waals surface area contributed by atoms with Gasteiger partial charge in [-0.3, -0.25) is 4.79 Å². The summed E-state index contributed by atoms with van der Waals surface area (Å²) in [5.41, 5.74) is 0.209. The number of hydrogen-bond donors (Lipinski definition) is 1. The summed E-state index contributed by atoms with van der Waals surface area (Å²) in [4.78, 5) is 24.3. The Labute approximate surface area is 179 Å². The molecule has 10 heteroatoms. The number of aromatic carboxylic acids is 1. The molecule has 0 saturated heterocycles. The first kappa shape index (κ1) is 21.9. The lowest BCUT2D eigenvalue weighted by Gasteiger charge is -2.15. The molecule has 0 saturated carbocycles. The van der Waals surface area contributed by atoms with E-state index in [2.05, 4.69) is 29.8 Å². The Morgan fingerprint density at radius 1 is 1.23 bits per heavy atom. The Morgan fingerprint density at radius 2 is 1.93 bits per heavy atom. The summed E-state index contributed by atoms with van der Waals surface area (Å²) in [5, 5.41) is 18.5. The Bertz CT molecular complexity index is 1100. The van der Waals surface area contributed by atoms with E-state index in [-0.39, 0.29) is 12.3 Å². The molecule has 0 spiro atoms. The van der Waals surface area contributed by atoms with Crippen molar-refractivity contribution in [3.05, 3.63) is 63.7 Å². The standard InChI is InChI=1S/C20H23ClN4O4Si/c1-30(2,3)9-8-29-13-24-12-16(11-22-24)25-19(26)17(20(27)28)10-18(23-25)14-4-6-15(21)7-5-14/h4-7,10-12H,8-9,13H2,1-3H3,(H,27,28). The zero-order chi connectivity index (χ0) is 21.9. The Morgan fingerprint density at radius 3 is 2.57 bits per heavy atom. The number of ether oxygens (including phenoxy) is 1. The molecular formula is C20H23ClN4O4Si. The van der Waals surface area contributed by atoms with E-state index in [1.54, 1.807) is 35.1 Å². The third-order valence-corrected chi connectivity index (χ3v) is 6.32. The van der Waals surface area contributed by atoms with Gasteiger partial charge in [0.25, 0.3) is 5.56 Å².